The molecule has 0 saturated carbocycles. The first-order chi connectivity index (χ1) is 8.45. The van der Waals surface area contributed by atoms with E-state index in [2.05, 4.69) is 0 Å². The predicted molar refractivity (Wildman–Crippen MR) is 60.4 cm³/mol. The number of carboxylic acids is 2. The van der Waals surface area contributed by atoms with E-state index < -0.39 is 18.0 Å². The summed E-state index contributed by atoms with van der Waals surface area (Å²) in [6, 6.07) is 4.07. The van der Waals surface area contributed by atoms with Gasteiger partial charge in [0.05, 0.1) is 0 Å². The van der Waals surface area contributed by atoms with Crippen LogP contribution in [0, 0.1) is 0 Å². The third kappa shape index (κ3) is 3.39. The van der Waals surface area contributed by atoms with Crippen molar-refractivity contribution in [1.82, 2.24) is 0 Å². The molecular formula is C12H12O6. The summed E-state index contributed by atoms with van der Waals surface area (Å²) in [7, 11) is 0. The van der Waals surface area contributed by atoms with E-state index in [0.717, 1.165) is 0 Å². The molecule has 96 valence electrons. The number of benzene rings is 1. The number of aldehydes is 1. The molecule has 6 nitrogen and oxygen atoms in total. The number of hydrogen-bond donors (Lipinski definition) is 3. The zero-order valence-electron chi connectivity index (χ0n) is 9.37. The minimum atomic E-state index is -1.70. The van der Waals surface area contributed by atoms with Crippen molar-refractivity contribution in [3.05, 3.63) is 34.9 Å². The van der Waals surface area contributed by atoms with E-state index in [4.69, 9.17) is 10.2 Å². The van der Waals surface area contributed by atoms with E-state index in [1.54, 1.807) is 0 Å². The predicted octanol–water partition coefficient (Wildman–Crippen LogP) is 0.634. The van der Waals surface area contributed by atoms with Crippen molar-refractivity contribution in [3.63, 3.8) is 0 Å². The molecule has 1 rings (SSSR count). The Bertz CT molecular complexity index is 479. The summed E-state index contributed by atoms with van der Waals surface area (Å²) >= 11 is 0. The highest BCUT2D eigenvalue weighted by atomic mass is 16.4. The van der Waals surface area contributed by atoms with Crippen molar-refractivity contribution in [2.75, 3.05) is 0 Å². The lowest BCUT2D eigenvalue weighted by Gasteiger charge is -2.09. The van der Waals surface area contributed by atoms with Crippen LogP contribution >= 0.6 is 0 Å². The molecular weight excluding hydrogens is 240 g/mol. The number of carbonyl (C=O) groups excluding carboxylic acids is 1. The first-order valence-corrected chi connectivity index (χ1v) is 5.16. The van der Waals surface area contributed by atoms with Gasteiger partial charge in [0.25, 0.3) is 0 Å². The second kappa shape index (κ2) is 5.92. The molecule has 0 aliphatic rings. The Morgan fingerprint density at radius 1 is 1.28 bits per heavy atom. The molecule has 0 amide bonds. The molecule has 1 aromatic carbocycles. The van der Waals surface area contributed by atoms with Gasteiger partial charge < -0.3 is 15.3 Å². The molecule has 0 bridgehead atoms. The Morgan fingerprint density at radius 2 is 1.94 bits per heavy atom. The highest BCUT2D eigenvalue weighted by molar-refractivity contribution is 5.80. The maximum atomic E-state index is 10.8. The molecule has 18 heavy (non-hydrogen) atoms. The fourth-order valence-electron chi connectivity index (χ4n) is 1.51. The maximum absolute atomic E-state index is 10.8. The zero-order chi connectivity index (χ0) is 13.7. The van der Waals surface area contributed by atoms with E-state index in [0.29, 0.717) is 11.8 Å². The van der Waals surface area contributed by atoms with E-state index in [1.165, 1.54) is 18.2 Å². The number of rotatable bonds is 6. The molecule has 1 atom stereocenters. The number of aliphatic hydroxyl groups is 1. The van der Waals surface area contributed by atoms with Crippen molar-refractivity contribution in [1.29, 1.82) is 0 Å². The van der Waals surface area contributed by atoms with Gasteiger partial charge in [-0.1, -0.05) is 12.1 Å². The molecule has 0 spiro atoms. The number of hydrogen-bond acceptors (Lipinski definition) is 4. The van der Waals surface area contributed by atoms with Gasteiger partial charge in [0, 0.05) is 12.0 Å². The van der Waals surface area contributed by atoms with E-state index in [-0.39, 0.29) is 24.0 Å². The topological polar surface area (TPSA) is 112 Å². The van der Waals surface area contributed by atoms with Gasteiger partial charge in [-0.25, -0.2) is 4.79 Å². The Labute approximate surface area is 102 Å². The Morgan fingerprint density at radius 3 is 2.44 bits per heavy atom. The highest BCUT2D eigenvalue weighted by Crippen LogP contribution is 2.18. The third-order valence-electron chi connectivity index (χ3n) is 2.45. The Hall–Kier alpha value is -2.21. The van der Waals surface area contributed by atoms with Crippen molar-refractivity contribution in [2.45, 2.75) is 18.9 Å². The minimum Gasteiger partial charge on any atom is -0.481 e. The van der Waals surface area contributed by atoms with E-state index >= 15 is 0 Å². The van der Waals surface area contributed by atoms with Crippen molar-refractivity contribution in [3.8, 4) is 0 Å². The van der Waals surface area contributed by atoms with Crippen LogP contribution in [0.2, 0.25) is 0 Å². The average Bonchev–Trinajstić information content (AvgIpc) is 2.34. The number of aryl methyl sites for hydroxylation is 1. The Balaban J connectivity index is 2.99. The van der Waals surface area contributed by atoms with E-state index in [9.17, 15) is 19.5 Å². The molecule has 6 heteroatoms. The van der Waals surface area contributed by atoms with Crippen LogP contribution in [0.5, 0.6) is 0 Å². The van der Waals surface area contributed by atoms with Crippen LogP contribution in [0.25, 0.3) is 0 Å². The highest BCUT2D eigenvalue weighted by Gasteiger charge is 2.17. The van der Waals surface area contributed by atoms with Crippen LogP contribution in [0.4, 0.5) is 0 Å². The number of aliphatic carboxylic acids is 2. The minimum absolute atomic E-state index is 0.0867. The van der Waals surface area contributed by atoms with Crippen LogP contribution in [-0.2, 0) is 16.0 Å². The first kappa shape index (κ1) is 13.9. The lowest BCUT2D eigenvalue weighted by atomic mass is 9.98. The van der Waals surface area contributed by atoms with Gasteiger partial charge in [-0.15, -0.1) is 0 Å². The standard InChI is InChI=1S/C12H12O6/c13-6-9-5-8(11(16)12(17)18)2-1-7(9)3-4-10(14)15/h1-2,5-6,11,16H,3-4H2,(H,14,15)(H,17,18). The van der Waals surface area contributed by atoms with Gasteiger partial charge in [0.1, 0.15) is 6.29 Å². The van der Waals surface area contributed by atoms with Crippen molar-refractivity contribution < 1.29 is 29.7 Å². The molecule has 1 unspecified atom stereocenters. The second-order valence-corrected chi connectivity index (χ2v) is 3.71. The maximum Gasteiger partial charge on any atom is 0.337 e. The SMILES string of the molecule is O=Cc1cc(C(O)C(=O)O)ccc1CCC(=O)O. The normalized spacial score (nSPS) is 11.8. The second-order valence-electron chi connectivity index (χ2n) is 3.71. The lowest BCUT2D eigenvalue weighted by Crippen LogP contribution is -2.11. The average molecular weight is 252 g/mol. The first-order valence-electron chi connectivity index (χ1n) is 5.16. The van der Waals surface area contributed by atoms with Crippen LogP contribution in [0.1, 0.15) is 34.0 Å². The largest absolute Gasteiger partial charge is 0.481 e. The quantitative estimate of drug-likeness (QED) is 0.640. The summed E-state index contributed by atoms with van der Waals surface area (Å²) in [6.45, 7) is 0. The van der Waals surface area contributed by atoms with Gasteiger partial charge >= 0.3 is 11.9 Å². The smallest absolute Gasteiger partial charge is 0.337 e. The van der Waals surface area contributed by atoms with Gasteiger partial charge in [-0.05, 0) is 23.6 Å². The van der Waals surface area contributed by atoms with E-state index in [1.807, 2.05) is 0 Å². The zero-order valence-corrected chi connectivity index (χ0v) is 9.37. The Kier molecular flexibility index (Phi) is 4.56. The van der Waals surface area contributed by atoms with Crippen molar-refractivity contribution in [2.24, 2.45) is 0 Å². The number of carbonyl (C=O) groups is 3. The van der Waals surface area contributed by atoms with Crippen LogP contribution < -0.4 is 0 Å². The summed E-state index contributed by atoms with van der Waals surface area (Å²) in [5.74, 6) is -2.40. The van der Waals surface area contributed by atoms with Crippen LogP contribution in [-0.4, -0.2) is 33.5 Å². The van der Waals surface area contributed by atoms with Crippen LogP contribution in [0.3, 0.4) is 0 Å². The molecule has 0 radical (unpaired) electrons. The third-order valence-corrected chi connectivity index (χ3v) is 2.45. The van der Waals surface area contributed by atoms with Crippen molar-refractivity contribution >= 4 is 18.2 Å². The summed E-state index contributed by atoms with van der Waals surface area (Å²) in [6.07, 6.45) is -1.14. The summed E-state index contributed by atoms with van der Waals surface area (Å²) in [4.78, 5) is 31.9. The molecule has 0 aliphatic heterocycles. The molecule has 1 aromatic rings. The summed E-state index contributed by atoms with van der Waals surface area (Å²) in [5, 5.41) is 26.5. The molecule has 0 fully saturated rings. The van der Waals surface area contributed by atoms with Gasteiger partial charge in [0.15, 0.2) is 6.10 Å². The molecule has 0 aliphatic carbocycles. The lowest BCUT2D eigenvalue weighted by molar-refractivity contribution is -0.147. The summed E-state index contributed by atoms with van der Waals surface area (Å²) < 4.78 is 0. The monoisotopic (exact) mass is 252 g/mol. The fraction of sp³-hybridized carbons (Fsp3) is 0.250. The number of carboxylic acid groups (broad SMARTS) is 2. The number of aliphatic hydroxyl groups excluding tert-OH is 1. The molecule has 0 saturated heterocycles. The summed E-state index contributed by atoms with van der Waals surface area (Å²) in [5.41, 5.74) is 0.784. The van der Waals surface area contributed by atoms with Crippen LogP contribution in [0.15, 0.2) is 18.2 Å². The molecule has 0 heterocycles. The van der Waals surface area contributed by atoms with Gasteiger partial charge in [-0.3, -0.25) is 9.59 Å². The van der Waals surface area contributed by atoms with Gasteiger partial charge in [-0.2, -0.15) is 0 Å². The molecule has 0 aromatic heterocycles. The fourth-order valence-corrected chi connectivity index (χ4v) is 1.51. The molecule has 3 N–H and O–H groups in total. The van der Waals surface area contributed by atoms with Gasteiger partial charge in [0.2, 0.25) is 0 Å².